The molecule has 0 aromatic heterocycles. The quantitative estimate of drug-likeness (QED) is 0.317. The molecule has 0 bridgehead atoms. The summed E-state index contributed by atoms with van der Waals surface area (Å²) in [4.78, 5) is 0. The Balaban J connectivity index is 5.32. The molecule has 0 aliphatic carbocycles. The monoisotopic (exact) mass is 433 g/mol. The first kappa shape index (κ1) is 27.5. The molecule has 27 heavy (non-hydrogen) atoms. The molecule has 164 valence electrons. The number of hydrogen-bond acceptors (Lipinski definition) is 3. The van der Waals surface area contributed by atoms with Gasteiger partial charge >= 0.3 is 9.28 Å². The van der Waals surface area contributed by atoms with Crippen molar-refractivity contribution in [3.63, 3.8) is 0 Å². The predicted octanol–water partition coefficient (Wildman–Crippen LogP) is 6.76. The standard InChI is InChI=1S/C21H51NO2Si3/c1-13-17-23-25(24-18-14-2)19-15-16-22(26(9,10)20(3,4)5)27(11,12)21(6,7)8/h25H,13-19H2,1-12H3. The van der Waals surface area contributed by atoms with Crippen LogP contribution < -0.4 is 0 Å². The largest absolute Gasteiger partial charge is 0.397 e. The minimum absolute atomic E-state index is 0.372. The van der Waals surface area contributed by atoms with E-state index in [1.165, 1.54) is 13.0 Å². The van der Waals surface area contributed by atoms with Crippen LogP contribution in [0.5, 0.6) is 0 Å². The molecule has 0 atom stereocenters. The van der Waals surface area contributed by atoms with E-state index in [-0.39, 0.29) is 0 Å². The lowest BCUT2D eigenvalue weighted by Gasteiger charge is -2.57. The maximum Gasteiger partial charge on any atom is 0.321 e. The smallest absolute Gasteiger partial charge is 0.321 e. The number of hydrogen-bond donors (Lipinski definition) is 0. The van der Waals surface area contributed by atoms with E-state index in [2.05, 4.69) is 85.8 Å². The summed E-state index contributed by atoms with van der Waals surface area (Å²) in [5, 5.41) is 0.744. The zero-order chi connectivity index (χ0) is 21.5. The average Bonchev–Trinajstić information content (AvgIpc) is 2.50. The summed E-state index contributed by atoms with van der Waals surface area (Å²) in [6, 6.07) is 1.14. The third-order valence-corrected chi connectivity index (χ3v) is 22.8. The average molecular weight is 434 g/mol. The molecule has 0 saturated heterocycles. The number of nitrogens with zero attached hydrogens (tertiary/aromatic N) is 1. The second kappa shape index (κ2) is 11.1. The van der Waals surface area contributed by atoms with Crippen molar-refractivity contribution >= 4 is 25.8 Å². The van der Waals surface area contributed by atoms with Gasteiger partial charge in [-0.1, -0.05) is 81.6 Å². The minimum atomic E-state index is -1.57. The Hall–Kier alpha value is 0.531. The van der Waals surface area contributed by atoms with E-state index in [1.807, 2.05) is 0 Å². The Bertz CT molecular complexity index is 381. The second-order valence-electron chi connectivity index (χ2n) is 11.1. The molecule has 0 aliphatic heterocycles. The van der Waals surface area contributed by atoms with Crippen molar-refractivity contribution in [1.82, 2.24) is 4.23 Å². The van der Waals surface area contributed by atoms with Crippen LogP contribution in [0.25, 0.3) is 0 Å². The van der Waals surface area contributed by atoms with Gasteiger partial charge < -0.3 is 13.1 Å². The van der Waals surface area contributed by atoms with Crippen LogP contribution in [0.3, 0.4) is 0 Å². The first-order valence-electron chi connectivity index (χ1n) is 11.1. The fourth-order valence-corrected chi connectivity index (χ4v) is 15.8. The van der Waals surface area contributed by atoms with Gasteiger partial charge in [0.05, 0.1) is 0 Å². The van der Waals surface area contributed by atoms with Crippen LogP contribution in [0.1, 0.15) is 74.7 Å². The molecule has 0 aromatic rings. The number of rotatable bonds is 12. The van der Waals surface area contributed by atoms with Crippen LogP contribution >= 0.6 is 0 Å². The molecule has 0 radical (unpaired) electrons. The van der Waals surface area contributed by atoms with Gasteiger partial charge in [-0.25, -0.2) is 0 Å². The normalized spacial score (nSPS) is 14.4. The summed E-state index contributed by atoms with van der Waals surface area (Å²) < 4.78 is 15.2. The van der Waals surface area contributed by atoms with Gasteiger partial charge in [0.15, 0.2) is 0 Å². The zero-order valence-corrected chi connectivity index (χ0v) is 23.9. The topological polar surface area (TPSA) is 21.7 Å². The van der Waals surface area contributed by atoms with Crippen LogP contribution in [-0.4, -0.2) is 49.7 Å². The van der Waals surface area contributed by atoms with E-state index >= 15 is 0 Å². The van der Waals surface area contributed by atoms with E-state index in [0.29, 0.717) is 10.1 Å². The first-order chi connectivity index (χ1) is 12.1. The first-order valence-corrected chi connectivity index (χ1v) is 18.8. The van der Waals surface area contributed by atoms with Crippen molar-refractivity contribution in [2.75, 3.05) is 19.8 Å². The van der Waals surface area contributed by atoms with Crippen molar-refractivity contribution in [3.05, 3.63) is 0 Å². The van der Waals surface area contributed by atoms with Crippen LogP contribution in [-0.2, 0) is 8.85 Å². The van der Waals surface area contributed by atoms with Crippen LogP contribution in [0.4, 0.5) is 0 Å². The van der Waals surface area contributed by atoms with E-state index in [4.69, 9.17) is 8.85 Å². The highest BCUT2D eigenvalue weighted by atomic mass is 28.4. The SMILES string of the molecule is CCCO[SiH](CCCN([Si](C)(C)C(C)(C)C)[Si](C)(C)C(C)(C)C)OCCC. The Morgan fingerprint density at radius 3 is 1.41 bits per heavy atom. The molecule has 0 spiro atoms. The molecule has 0 unspecified atom stereocenters. The summed E-state index contributed by atoms with van der Waals surface area (Å²) in [5.74, 6) is 0. The Morgan fingerprint density at radius 1 is 0.741 bits per heavy atom. The van der Waals surface area contributed by atoms with Gasteiger partial charge in [-0.05, 0) is 41.9 Å². The van der Waals surface area contributed by atoms with E-state index < -0.39 is 25.8 Å². The summed E-state index contributed by atoms with van der Waals surface area (Å²) >= 11 is 0. The van der Waals surface area contributed by atoms with Gasteiger partial charge in [-0.3, -0.25) is 0 Å². The van der Waals surface area contributed by atoms with E-state index in [1.54, 1.807) is 0 Å². The van der Waals surface area contributed by atoms with E-state index in [0.717, 1.165) is 32.1 Å². The minimum Gasteiger partial charge on any atom is -0.397 e. The Kier molecular flexibility index (Phi) is 11.3. The molecule has 0 amide bonds. The van der Waals surface area contributed by atoms with Crippen molar-refractivity contribution in [2.24, 2.45) is 0 Å². The lowest BCUT2D eigenvalue weighted by Crippen LogP contribution is -2.68. The molecule has 0 N–H and O–H groups in total. The van der Waals surface area contributed by atoms with Gasteiger partial charge in [0.2, 0.25) is 0 Å². The van der Waals surface area contributed by atoms with Gasteiger partial charge in [0.1, 0.15) is 16.5 Å². The molecule has 0 fully saturated rings. The molecule has 0 saturated carbocycles. The molecule has 0 aliphatic rings. The molecular weight excluding hydrogens is 382 g/mol. The summed E-state index contributed by atoms with van der Waals surface area (Å²) in [6.45, 7) is 32.3. The maximum absolute atomic E-state index is 6.10. The van der Waals surface area contributed by atoms with Crippen LogP contribution in [0.15, 0.2) is 0 Å². The van der Waals surface area contributed by atoms with Gasteiger partial charge in [-0.2, -0.15) is 0 Å². The van der Waals surface area contributed by atoms with E-state index in [9.17, 15) is 0 Å². The third-order valence-electron chi connectivity index (χ3n) is 6.86. The zero-order valence-electron chi connectivity index (χ0n) is 20.8. The van der Waals surface area contributed by atoms with Crippen molar-refractivity contribution in [3.8, 4) is 0 Å². The highest BCUT2D eigenvalue weighted by Crippen LogP contribution is 2.46. The molecular formula is C21H51NO2Si3. The molecule has 0 rings (SSSR count). The lowest BCUT2D eigenvalue weighted by molar-refractivity contribution is 0.195. The molecule has 0 aromatic carbocycles. The second-order valence-corrected chi connectivity index (χ2v) is 23.9. The van der Waals surface area contributed by atoms with Gasteiger partial charge in [0.25, 0.3) is 0 Å². The van der Waals surface area contributed by atoms with Crippen molar-refractivity contribution < 1.29 is 8.85 Å². The molecule has 3 nitrogen and oxygen atoms in total. The van der Waals surface area contributed by atoms with Crippen molar-refractivity contribution in [1.29, 1.82) is 0 Å². The Morgan fingerprint density at radius 2 is 1.11 bits per heavy atom. The lowest BCUT2D eigenvalue weighted by atomic mass is 10.2. The third kappa shape index (κ3) is 8.05. The highest BCUT2D eigenvalue weighted by molar-refractivity contribution is 6.93. The van der Waals surface area contributed by atoms with Crippen LogP contribution in [0, 0.1) is 0 Å². The van der Waals surface area contributed by atoms with Crippen molar-refractivity contribution in [2.45, 2.75) is 117 Å². The highest BCUT2D eigenvalue weighted by Gasteiger charge is 2.51. The van der Waals surface area contributed by atoms with Crippen LogP contribution in [0.2, 0.25) is 42.3 Å². The predicted molar refractivity (Wildman–Crippen MR) is 130 cm³/mol. The van der Waals surface area contributed by atoms with Gasteiger partial charge in [0, 0.05) is 13.2 Å². The molecule has 6 heteroatoms. The van der Waals surface area contributed by atoms with Gasteiger partial charge in [-0.15, -0.1) is 0 Å². The Labute approximate surface area is 175 Å². The summed E-state index contributed by atoms with van der Waals surface area (Å²) in [6.07, 6.45) is 3.38. The summed E-state index contributed by atoms with van der Waals surface area (Å²) in [7, 11) is -4.66. The maximum atomic E-state index is 6.10. The fourth-order valence-electron chi connectivity index (χ4n) is 3.20. The summed E-state index contributed by atoms with van der Waals surface area (Å²) in [5.41, 5.74) is 0. The fraction of sp³-hybridized carbons (Fsp3) is 1.00. The molecule has 0 heterocycles.